The summed E-state index contributed by atoms with van der Waals surface area (Å²) in [6, 6.07) is 15.6. The van der Waals surface area contributed by atoms with Crippen molar-refractivity contribution >= 4 is 21.6 Å². The molecule has 1 aliphatic carbocycles. The summed E-state index contributed by atoms with van der Waals surface area (Å²) in [5, 5.41) is 2.84. The van der Waals surface area contributed by atoms with Crippen molar-refractivity contribution in [2.45, 2.75) is 24.2 Å². The zero-order valence-corrected chi connectivity index (χ0v) is 17.0. The fourth-order valence-electron chi connectivity index (χ4n) is 2.96. The quantitative estimate of drug-likeness (QED) is 0.696. The molecule has 1 amide bonds. The van der Waals surface area contributed by atoms with Gasteiger partial charge >= 0.3 is 0 Å². The van der Waals surface area contributed by atoms with Crippen molar-refractivity contribution in [3.8, 4) is 0 Å². The molecule has 0 saturated heterocycles. The standard InChI is InChI=1S/C22H24N2O4S/c1-28-16-15-17-11-13-18(14-12-17)23-22(25)20-9-5-6-10-21(20)24-29(26,27)19-7-3-2-4-8-19/h2-4,7-14,24H,5-6,15-16H2,1H3,(H,23,25). The monoisotopic (exact) mass is 412 g/mol. The van der Waals surface area contributed by atoms with Gasteiger partial charge in [-0.1, -0.05) is 42.5 Å². The highest BCUT2D eigenvalue weighted by atomic mass is 32.2. The van der Waals surface area contributed by atoms with Gasteiger partial charge in [-0.05, 0) is 49.1 Å². The van der Waals surface area contributed by atoms with Crippen molar-refractivity contribution in [2.24, 2.45) is 0 Å². The molecule has 7 heteroatoms. The number of carbonyl (C=O) groups is 1. The van der Waals surface area contributed by atoms with E-state index in [1.54, 1.807) is 37.5 Å². The summed E-state index contributed by atoms with van der Waals surface area (Å²) in [5.74, 6) is -0.351. The van der Waals surface area contributed by atoms with E-state index >= 15 is 0 Å². The van der Waals surface area contributed by atoms with Crippen molar-refractivity contribution in [3.05, 3.63) is 83.6 Å². The van der Waals surface area contributed by atoms with Crippen molar-refractivity contribution in [3.63, 3.8) is 0 Å². The van der Waals surface area contributed by atoms with Gasteiger partial charge in [0.2, 0.25) is 0 Å². The molecule has 29 heavy (non-hydrogen) atoms. The number of hydrogen-bond donors (Lipinski definition) is 2. The molecule has 0 aromatic heterocycles. The van der Waals surface area contributed by atoms with Crippen LogP contribution in [0, 0.1) is 0 Å². The summed E-state index contributed by atoms with van der Waals surface area (Å²) in [5.41, 5.74) is 2.37. The topological polar surface area (TPSA) is 84.5 Å². The molecule has 2 aromatic carbocycles. The van der Waals surface area contributed by atoms with E-state index in [9.17, 15) is 13.2 Å². The van der Waals surface area contributed by atoms with E-state index in [4.69, 9.17) is 4.74 Å². The molecule has 1 aliphatic rings. The predicted molar refractivity (Wildman–Crippen MR) is 113 cm³/mol. The van der Waals surface area contributed by atoms with Gasteiger partial charge < -0.3 is 10.1 Å². The smallest absolute Gasteiger partial charge is 0.261 e. The van der Waals surface area contributed by atoms with Crippen molar-refractivity contribution in [1.29, 1.82) is 0 Å². The van der Waals surface area contributed by atoms with Crippen molar-refractivity contribution in [1.82, 2.24) is 4.72 Å². The minimum Gasteiger partial charge on any atom is -0.384 e. The summed E-state index contributed by atoms with van der Waals surface area (Å²) in [7, 11) is -2.11. The van der Waals surface area contributed by atoms with E-state index < -0.39 is 10.0 Å². The van der Waals surface area contributed by atoms with E-state index in [1.165, 1.54) is 12.1 Å². The molecule has 2 N–H and O–H groups in total. The number of ether oxygens (including phenoxy) is 1. The number of allylic oxidation sites excluding steroid dienone is 2. The van der Waals surface area contributed by atoms with Crippen LogP contribution in [0.15, 0.2) is 82.9 Å². The highest BCUT2D eigenvalue weighted by Crippen LogP contribution is 2.21. The third kappa shape index (κ3) is 5.56. The molecule has 0 radical (unpaired) electrons. The first-order valence-corrected chi connectivity index (χ1v) is 10.9. The zero-order chi connectivity index (χ0) is 20.7. The Bertz CT molecular complexity index is 1010. The SMILES string of the molecule is COCCc1ccc(NC(=O)C2=CCCC=C2NS(=O)(=O)c2ccccc2)cc1. The predicted octanol–water partition coefficient (Wildman–Crippen LogP) is 3.40. The van der Waals surface area contributed by atoms with Gasteiger partial charge in [0.05, 0.1) is 22.8 Å². The molecule has 3 rings (SSSR count). The largest absolute Gasteiger partial charge is 0.384 e. The summed E-state index contributed by atoms with van der Waals surface area (Å²) in [6.45, 7) is 0.633. The molecule has 6 nitrogen and oxygen atoms in total. The Labute approximate surface area is 171 Å². The van der Waals surface area contributed by atoms with Gasteiger partial charge in [0.25, 0.3) is 15.9 Å². The van der Waals surface area contributed by atoms with Crippen molar-refractivity contribution < 1.29 is 17.9 Å². The maximum absolute atomic E-state index is 12.8. The van der Waals surface area contributed by atoms with Gasteiger partial charge in [-0.25, -0.2) is 8.42 Å². The minimum atomic E-state index is -3.76. The third-order valence-corrected chi connectivity index (χ3v) is 5.88. The molecule has 0 bridgehead atoms. The molecule has 0 spiro atoms. The van der Waals surface area contributed by atoms with Gasteiger partial charge in [-0.15, -0.1) is 0 Å². The molecular weight excluding hydrogens is 388 g/mol. The molecular formula is C22H24N2O4S. The molecule has 0 aliphatic heterocycles. The van der Waals surface area contributed by atoms with Gasteiger partial charge in [0.15, 0.2) is 0 Å². The second kappa shape index (κ2) is 9.54. The Hall–Kier alpha value is -2.90. The zero-order valence-electron chi connectivity index (χ0n) is 16.2. The first-order valence-electron chi connectivity index (χ1n) is 9.37. The summed E-state index contributed by atoms with van der Waals surface area (Å²) < 4.78 is 32.9. The molecule has 0 heterocycles. The maximum atomic E-state index is 12.8. The van der Waals surface area contributed by atoms with Crippen LogP contribution in [0.4, 0.5) is 5.69 Å². The molecule has 0 atom stereocenters. The van der Waals surface area contributed by atoms with Crippen LogP contribution in [0.25, 0.3) is 0 Å². The normalized spacial score (nSPS) is 14.0. The Morgan fingerprint density at radius 2 is 1.69 bits per heavy atom. The Morgan fingerprint density at radius 1 is 1.00 bits per heavy atom. The average Bonchev–Trinajstić information content (AvgIpc) is 2.74. The number of carbonyl (C=O) groups excluding carboxylic acids is 1. The molecule has 2 aromatic rings. The number of sulfonamides is 1. The van der Waals surface area contributed by atoms with E-state index in [0.29, 0.717) is 36.4 Å². The number of nitrogens with one attached hydrogen (secondary N) is 2. The Balaban J connectivity index is 1.71. The number of methoxy groups -OCH3 is 1. The molecule has 152 valence electrons. The van der Waals surface area contributed by atoms with Crippen molar-refractivity contribution in [2.75, 3.05) is 19.0 Å². The average molecular weight is 413 g/mol. The number of benzene rings is 2. The number of rotatable bonds is 8. The number of anilines is 1. The van der Waals surface area contributed by atoms with E-state index in [1.807, 2.05) is 24.3 Å². The maximum Gasteiger partial charge on any atom is 0.261 e. The van der Waals surface area contributed by atoms with Crippen LogP contribution in [-0.4, -0.2) is 28.0 Å². The van der Waals surface area contributed by atoms with Crippen LogP contribution in [0.5, 0.6) is 0 Å². The molecule has 0 saturated carbocycles. The first-order chi connectivity index (χ1) is 14.0. The lowest BCUT2D eigenvalue weighted by Crippen LogP contribution is -2.29. The van der Waals surface area contributed by atoms with E-state index in [-0.39, 0.29) is 10.8 Å². The van der Waals surface area contributed by atoms with Crippen LogP contribution in [0.3, 0.4) is 0 Å². The molecule has 0 fully saturated rings. The number of amides is 1. The van der Waals surface area contributed by atoms with Gasteiger partial charge in [-0.2, -0.15) is 0 Å². The Kier molecular flexibility index (Phi) is 6.85. The minimum absolute atomic E-state index is 0.151. The summed E-state index contributed by atoms with van der Waals surface area (Å²) in [6.07, 6.45) is 5.63. The van der Waals surface area contributed by atoms with Crippen LogP contribution in [-0.2, 0) is 26.0 Å². The first kappa shape index (κ1) is 20.8. The van der Waals surface area contributed by atoms with Crippen LogP contribution in [0.2, 0.25) is 0 Å². The fourth-order valence-corrected chi connectivity index (χ4v) is 4.08. The summed E-state index contributed by atoms with van der Waals surface area (Å²) >= 11 is 0. The molecule has 0 unspecified atom stereocenters. The highest BCUT2D eigenvalue weighted by Gasteiger charge is 2.22. The van der Waals surface area contributed by atoms with Crippen LogP contribution < -0.4 is 10.0 Å². The second-order valence-electron chi connectivity index (χ2n) is 6.63. The lowest BCUT2D eigenvalue weighted by molar-refractivity contribution is -0.112. The third-order valence-electron chi connectivity index (χ3n) is 4.50. The van der Waals surface area contributed by atoms with Crippen LogP contribution in [0.1, 0.15) is 18.4 Å². The lowest BCUT2D eigenvalue weighted by atomic mass is 10.0. The van der Waals surface area contributed by atoms with Gasteiger partial charge in [-0.3, -0.25) is 9.52 Å². The van der Waals surface area contributed by atoms with Gasteiger partial charge in [0.1, 0.15) is 0 Å². The van der Waals surface area contributed by atoms with Gasteiger partial charge in [0, 0.05) is 12.8 Å². The van der Waals surface area contributed by atoms with E-state index in [0.717, 1.165) is 12.0 Å². The second-order valence-corrected chi connectivity index (χ2v) is 8.31. The number of hydrogen-bond acceptors (Lipinski definition) is 4. The Morgan fingerprint density at radius 3 is 2.38 bits per heavy atom. The highest BCUT2D eigenvalue weighted by molar-refractivity contribution is 7.89. The fraction of sp³-hybridized carbons (Fsp3) is 0.227. The lowest BCUT2D eigenvalue weighted by Gasteiger charge is -2.18. The van der Waals surface area contributed by atoms with E-state index in [2.05, 4.69) is 10.0 Å². The van der Waals surface area contributed by atoms with Crippen LogP contribution >= 0.6 is 0 Å². The summed E-state index contributed by atoms with van der Waals surface area (Å²) in [4.78, 5) is 12.9.